The summed E-state index contributed by atoms with van der Waals surface area (Å²) in [6.07, 6.45) is -1.65. The molecule has 0 radical (unpaired) electrons. The Morgan fingerprint density at radius 2 is 1.85 bits per heavy atom. The van der Waals surface area contributed by atoms with E-state index in [4.69, 9.17) is 0 Å². The zero-order chi connectivity index (χ0) is 14.8. The van der Waals surface area contributed by atoms with Gasteiger partial charge >= 0.3 is 6.18 Å². The van der Waals surface area contributed by atoms with Crippen molar-refractivity contribution in [3.05, 3.63) is 5.01 Å². The topological polar surface area (TPSA) is 37.8 Å². The van der Waals surface area contributed by atoms with Gasteiger partial charge in [-0.25, -0.2) is 0 Å². The second-order valence-corrected chi connectivity index (χ2v) is 6.90. The monoisotopic (exact) mass is 307 g/mol. The molecule has 1 heterocycles. The lowest BCUT2D eigenvalue weighted by molar-refractivity contribution is -0.182. The van der Waals surface area contributed by atoms with E-state index < -0.39 is 12.1 Å². The zero-order valence-corrected chi connectivity index (χ0v) is 12.5. The molecule has 20 heavy (non-hydrogen) atoms. The van der Waals surface area contributed by atoms with Crippen LogP contribution < -0.4 is 5.32 Å². The minimum atomic E-state index is -4.04. The van der Waals surface area contributed by atoms with Crippen LogP contribution >= 0.6 is 11.3 Å². The SMILES string of the molecule is CC(C)Cc1nnc(NC2CCC(C(F)(F)F)CC2)s1. The lowest BCUT2D eigenvalue weighted by Crippen LogP contribution is -2.32. The highest BCUT2D eigenvalue weighted by Gasteiger charge is 2.41. The second-order valence-electron chi connectivity index (χ2n) is 5.83. The van der Waals surface area contributed by atoms with Crippen molar-refractivity contribution in [1.29, 1.82) is 0 Å². The standard InChI is InChI=1S/C13H20F3N3S/c1-8(2)7-11-18-19-12(20-11)17-10-5-3-9(4-6-10)13(14,15)16/h8-10H,3-7H2,1-2H3,(H,17,19). The summed E-state index contributed by atoms with van der Waals surface area (Å²) < 4.78 is 37.7. The lowest BCUT2D eigenvalue weighted by Gasteiger charge is -2.30. The molecule has 0 unspecified atom stereocenters. The van der Waals surface area contributed by atoms with Crippen molar-refractivity contribution in [2.45, 2.75) is 58.2 Å². The Bertz CT molecular complexity index is 423. The molecule has 0 atom stereocenters. The summed E-state index contributed by atoms with van der Waals surface area (Å²) in [4.78, 5) is 0. The Hall–Kier alpha value is -0.850. The van der Waals surface area contributed by atoms with E-state index in [9.17, 15) is 13.2 Å². The summed E-state index contributed by atoms with van der Waals surface area (Å²) in [5.74, 6) is -0.607. The van der Waals surface area contributed by atoms with Crippen molar-refractivity contribution in [2.75, 3.05) is 5.32 Å². The number of nitrogens with zero attached hydrogens (tertiary/aromatic N) is 2. The number of aromatic nitrogens is 2. The maximum absolute atomic E-state index is 12.6. The average Bonchev–Trinajstić information content (AvgIpc) is 2.75. The molecule has 114 valence electrons. The van der Waals surface area contributed by atoms with Gasteiger partial charge in [-0.2, -0.15) is 13.2 Å². The molecule has 1 aromatic rings. The lowest BCUT2D eigenvalue weighted by atomic mass is 9.86. The van der Waals surface area contributed by atoms with Gasteiger partial charge in [0, 0.05) is 12.5 Å². The molecule has 0 bridgehead atoms. The summed E-state index contributed by atoms with van der Waals surface area (Å²) in [5.41, 5.74) is 0. The van der Waals surface area contributed by atoms with Crippen molar-refractivity contribution < 1.29 is 13.2 Å². The zero-order valence-electron chi connectivity index (χ0n) is 11.7. The molecule has 1 aromatic heterocycles. The van der Waals surface area contributed by atoms with Crippen LogP contribution in [-0.2, 0) is 6.42 Å². The molecule has 2 rings (SSSR count). The van der Waals surface area contributed by atoms with E-state index in [0.29, 0.717) is 18.8 Å². The molecule has 0 amide bonds. The average molecular weight is 307 g/mol. The van der Waals surface area contributed by atoms with Crippen molar-refractivity contribution in [1.82, 2.24) is 10.2 Å². The van der Waals surface area contributed by atoms with E-state index in [1.54, 1.807) is 0 Å². The first-order chi connectivity index (χ1) is 9.34. The van der Waals surface area contributed by atoms with Gasteiger partial charge in [0.05, 0.1) is 5.92 Å². The van der Waals surface area contributed by atoms with Crippen LogP contribution in [0.1, 0.15) is 44.5 Å². The fourth-order valence-corrected chi connectivity index (χ4v) is 3.51. The van der Waals surface area contributed by atoms with Crippen molar-refractivity contribution in [3.63, 3.8) is 0 Å². The van der Waals surface area contributed by atoms with E-state index in [0.717, 1.165) is 16.6 Å². The van der Waals surface area contributed by atoms with Gasteiger partial charge in [-0.15, -0.1) is 10.2 Å². The van der Waals surface area contributed by atoms with Crippen LogP contribution in [-0.4, -0.2) is 22.4 Å². The first kappa shape index (κ1) is 15.5. The van der Waals surface area contributed by atoms with Crippen LogP contribution in [0.3, 0.4) is 0 Å². The van der Waals surface area contributed by atoms with E-state index in [-0.39, 0.29) is 18.9 Å². The molecular weight excluding hydrogens is 287 g/mol. The molecule has 1 aliphatic carbocycles. The minimum absolute atomic E-state index is 0.0912. The van der Waals surface area contributed by atoms with Crippen molar-refractivity contribution in [2.24, 2.45) is 11.8 Å². The maximum atomic E-state index is 12.6. The smallest absolute Gasteiger partial charge is 0.357 e. The van der Waals surface area contributed by atoms with Gasteiger partial charge in [0.1, 0.15) is 5.01 Å². The molecule has 0 spiro atoms. The van der Waals surface area contributed by atoms with Gasteiger partial charge in [-0.1, -0.05) is 25.2 Å². The molecule has 0 aliphatic heterocycles. The molecule has 0 saturated heterocycles. The van der Waals surface area contributed by atoms with Gasteiger partial charge in [0.2, 0.25) is 5.13 Å². The summed E-state index contributed by atoms with van der Waals surface area (Å²) in [6, 6.07) is 0.0912. The Morgan fingerprint density at radius 1 is 1.20 bits per heavy atom. The summed E-state index contributed by atoms with van der Waals surface area (Å²) in [6.45, 7) is 4.24. The third-order valence-corrected chi connectivity index (χ3v) is 4.44. The first-order valence-electron chi connectivity index (χ1n) is 7.00. The third kappa shape index (κ3) is 4.33. The van der Waals surface area contributed by atoms with Gasteiger partial charge in [0.15, 0.2) is 0 Å². The number of rotatable bonds is 4. The highest BCUT2D eigenvalue weighted by molar-refractivity contribution is 7.15. The highest BCUT2D eigenvalue weighted by atomic mass is 32.1. The minimum Gasteiger partial charge on any atom is -0.357 e. The summed E-state index contributed by atoms with van der Waals surface area (Å²) >= 11 is 1.51. The Labute approximate surface area is 121 Å². The molecule has 0 aromatic carbocycles. The largest absolute Gasteiger partial charge is 0.391 e. The highest BCUT2D eigenvalue weighted by Crippen LogP contribution is 2.38. The van der Waals surface area contributed by atoms with Crippen LogP contribution in [0.15, 0.2) is 0 Å². The number of nitrogens with one attached hydrogen (secondary N) is 1. The van der Waals surface area contributed by atoms with Gasteiger partial charge in [-0.05, 0) is 31.6 Å². The van der Waals surface area contributed by atoms with E-state index in [1.807, 2.05) is 0 Å². The first-order valence-corrected chi connectivity index (χ1v) is 7.82. The number of anilines is 1. The van der Waals surface area contributed by atoms with Gasteiger partial charge in [-0.3, -0.25) is 0 Å². The van der Waals surface area contributed by atoms with Crippen LogP contribution in [0.25, 0.3) is 0 Å². The van der Waals surface area contributed by atoms with Crippen LogP contribution in [0.2, 0.25) is 0 Å². The van der Waals surface area contributed by atoms with Crippen molar-refractivity contribution >= 4 is 16.5 Å². The van der Waals surface area contributed by atoms with Crippen molar-refractivity contribution in [3.8, 4) is 0 Å². The van der Waals surface area contributed by atoms with Crippen LogP contribution in [0.5, 0.6) is 0 Å². The predicted molar refractivity (Wildman–Crippen MR) is 73.9 cm³/mol. The number of alkyl halides is 3. The summed E-state index contributed by atoms with van der Waals surface area (Å²) in [7, 11) is 0. The molecule has 1 aliphatic rings. The fourth-order valence-electron chi connectivity index (χ4n) is 2.48. The van der Waals surface area contributed by atoms with E-state index >= 15 is 0 Å². The molecule has 1 N–H and O–H groups in total. The number of hydrogen-bond acceptors (Lipinski definition) is 4. The molecule has 3 nitrogen and oxygen atoms in total. The Morgan fingerprint density at radius 3 is 2.40 bits per heavy atom. The Balaban J connectivity index is 1.82. The molecule has 7 heteroatoms. The van der Waals surface area contributed by atoms with Crippen LogP contribution in [0, 0.1) is 11.8 Å². The molecule has 1 fully saturated rings. The van der Waals surface area contributed by atoms with Crippen LogP contribution in [0.4, 0.5) is 18.3 Å². The third-order valence-electron chi connectivity index (χ3n) is 3.57. The molecule has 1 saturated carbocycles. The van der Waals surface area contributed by atoms with E-state index in [2.05, 4.69) is 29.4 Å². The second kappa shape index (κ2) is 6.28. The normalized spacial score (nSPS) is 24.1. The predicted octanol–water partition coefficient (Wildman–Crippen LogP) is 4.27. The fraction of sp³-hybridized carbons (Fsp3) is 0.846. The molecular formula is C13H20F3N3S. The quantitative estimate of drug-likeness (QED) is 0.902. The summed E-state index contributed by atoms with van der Waals surface area (Å²) in [5, 5.41) is 13.1. The maximum Gasteiger partial charge on any atom is 0.391 e. The van der Waals surface area contributed by atoms with E-state index in [1.165, 1.54) is 11.3 Å². The van der Waals surface area contributed by atoms with Gasteiger partial charge < -0.3 is 5.32 Å². The Kier molecular flexibility index (Phi) is 4.88. The number of halogens is 3. The van der Waals surface area contributed by atoms with Gasteiger partial charge in [0.25, 0.3) is 0 Å². The number of hydrogen-bond donors (Lipinski definition) is 1.